The van der Waals surface area contributed by atoms with Crippen molar-refractivity contribution in [2.24, 2.45) is 0 Å². The number of benzene rings is 2. The van der Waals surface area contributed by atoms with Crippen molar-refractivity contribution in [2.75, 3.05) is 5.75 Å². The van der Waals surface area contributed by atoms with E-state index in [1.165, 1.54) is 29.2 Å². The summed E-state index contributed by atoms with van der Waals surface area (Å²) in [5.41, 5.74) is 1.28. The molecule has 1 saturated carbocycles. The Morgan fingerprint density at radius 1 is 1.10 bits per heavy atom. The van der Waals surface area contributed by atoms with Crippen molar-refractivity contribution in [1.82, 2.24) is 5.32 Å². The van der Waals surface area contributed by atoms with Crippen LogP contribution in [0, 0.1) is 0 Å². The predicted octanol–water partition coefficient (Wildman–Crippen LogP) is 4.13. The molecule has 0 atom stereocenters. The van der Waals surface area contributed by atoms with Gasteiger partial charge in [0, 0.05) is 11.8 Å². The molecule has 0 heterocycles. The standard InChI is InChI=1S/C18H21NOS/c20-18(19-17-7-3-4-8-17)13-21-12-14-9-10-15-5-1-2-6-16(15)11-14/h1-2,5-6,9-11,17H,3-4,7-8,12-13H2,(H,19,20). The summed E-state index contributed by atoms with van der Waals surface area (Å²) in [4.78, 5) is 11.9. The van der Waals surface area contributed by atoms with E-state index in [0.717, 1.165) is 18.6 Å². The lowest BCUT2D eigenvalue weighted by Gasteiger charge is -2.11. The molecular formula is C18H21NOS. The van der Waals surface area contributed by atoms with Gasteiger partial charge >= 0.3 is 0 Å². The number of hydrogen-bond donors (Lipinski definition) is 1. The van der Waals surface area contributed by atoms with Gasteiger partial charge < -0.3 is 5.32 Å². The Hall–Kier alpha value is -1.48. The Balaban J connectivity index is 1.48. The van der Waals surface area contributed by atoms with Gasteiger partial charge in [0.2, 0.25) is 5.91 Å². The molecule has 2 aromatic rings. The molecule has 0 radical (unpaired) electrons. The summed E-state index contributed by atoms with van der Waals surface area (Å²) in [6.07, 6.45) is 4.83. The molecule has 21 heavy (non-hydrogen) atoms. The van der Waals surface area contributed by atoms with Crippen molar-refractivity contribution in [3.8, 4) is 0 Å². The number of nitrogens with one attached hydrogen (secondary N) is 1. The van der Waals surface area contributed by atoms with E-state index in [2.05, 4.69) is 47.8 Å². The lowest BCUT2D eigenvalue weighted by atomic mass is 10.1. The Labute approximate surface area is 130 Å². The summed E-state index contributed by atoms with van der Waals surface area (Å²) in [7, 11) is 0. The zero-order valence-corrected chi connectivity index (χ0v) is 13.0. The molecule has 110 valence electrons. The maximum Gasteiger partial charge on any atom is 0.230 e. The van der Waals surface area contributed by atoms with E-state index in [-0.39, 0.29) is 5.91 Å². The van der Waals surface area contributed by atoms with Crippen LogP contribution in [0.5, 0.6) is 0 Å². The van der Waals surface area contributed by atoms with Crippen LogP contribution in [0.15, 0.2) is 42.5 Å². The smallest absolute Gasteiger partial charge is 0.230 e. The van der Waals surface area contributed by atoms with Crippen molar-refractivity contribution in [2.45, 2.75) is 37.5 Å². The van der Waals surface area contributed by atoms with Crippen molar-refractivity contribution in [3.63, 3.8) is 0 Å². The van der Waals surface area contributed by atoms with Gasteiger partial charge in [0.05, 0.1) is 5.75 Å². The highest BCUT2D eigenvalue weighted by molar-refractivity contribution is 7.99. The summed E-state index contributed by atoms with van der Waals surface area (Å²) in [5.74, 6) is 1.64. The van der Waals surface area contributed by atoms with Crippen LogP contribution >= 0.6 is 11.8 Å². The minimum Gasteiger partial charge on any atom is -0.353 e. The van der Waals surface area contributed by atoms with Gasteiger partial charge in [0.1, 0.15) is 0 Å². The molecule has 0 saturated heterocycles. The average Bonchev–Trinajstić information content (AvgIpc) is 3.00. The van der Waals surface area contributed by atoms with Crippen molar-refractivity contribution >= 4 is 28.4 Å². The van der Waals surface area contributed by atoms with Crippen LogP contribution in [-0.2, 0) is 10.5 Å². The normalized spacial score (nSPS) is 15.4. The first-order valence-corrected chi connectivity index (χ1v) is 8.81. The fourth-order valence-corrected chi connectivity index (χ4v) is 3.72. The lowest BCUT2D eigenvalue weighted by molar-refractivity contribution is -0.119. The molecule has 3 heteroatoms. The second kappa shape index (κ2) is 6.99. The Bertz CT molecular complexity index is 619. The largest absolute Gasteiger partial charge is 0.353 e. The van der Waals surface area contributed by atoms with Crippen LogP contribution in [-0.4, -0.2) is 17.7 Å². The summed E-state index contributed by atoms with van der Waals surface area (Å²) >= 11 is 1.69. The van der Waals surface area contributed by atoms with Crippen LogP contribution in [0.25, 0.3) is 10.8 Å². The molecule has 0 aromatic heterocycles. The molecule has 2 aromatic carbocycles. The first kappa shape index (κ1) is 14.5. The maximum absolute atomic E-state index is 11.9. The molecule has 3 rings (SSSR count). The van der Waals surface area contributed by atoms with E-state index in [1.807, 2.05) is 0 Å². The zero-order chi connectivity index (χ0) is 14.5. The molecule has 1 amide bonds. The van der Waals surface area contributed by atoms with Crippen LogP contribution < -0.4 is 5.32 Å². The van der Waals surface area contributed by atoms with E-state index in [1.54, 1.807) is 11.8 Å². The fourth-order valence-electron chi connectivity index (χ4n) is 2.93. The number of carbonyl (C=O) groups excluding carboxylic acids is 1. The van der Waals surface area contributed by atoms with Gasteiger partial charge in [-0.05, 0) is 29.2 Å². The second-order valence-electron chi connectivity index (χ2n) is 5.72. The van der Waals surface area contributed by atoms with Gasteiger partial charge in [-0.1, -0.05) is 55.3 Å². The molecule has 0 aliphatic heterocycles. The zero-order valence-electron chi connectivity index (χ0n) is 12.2. The molecule has 0 spiro atoms. The van der Waals surface area contributed by atoms with Crippen LogP contribution in [0.2, 0.25) is 0 Å². The van der Waals surface area contributed by atoms with Gasteiger partial charge in [0.25, 0.3) is 0 Å². The highest BCUT2D eigenvalue weighted by Gasteiger charge is 2.16. The lowest BCUT2D eigenvalue weighted by Crippen LogP contribution is -2.33. The molecule has 2 nitrogen and oxygen atoms in total. The average molecular weight is 299 g/mol. The Kier molecular flexibility index (Phi) is 4.81. The quantitative estimate of drug-likeness (QED) is 0.899. The van der Waals surface area contributed by atoms with E-state index < -0.39 is 0 Å². The first-order valence-electron chi connectivity index (χ1n) is 7.66. The summed E-state index contributed by atoms with van der Waals surface area (Å²) in [6.45, 7) is 0. The minimum atomic E-state index is 0.188. The monoisotopic (exact) mass is 299 g/mol. The van der Waals surface area contributed by atoms with E-state index in [9.17, 15) is 4.79 Å². The van der Waals surface area contributed by atoms with E-state index in [4.69, 9.17) is 0 Å². The van der Waals surface area contributed by atoms with E-state index >= 15 is 0 Å². The number of hydrogen-bond acceptors (Lipinski definition) is 2. The maximum atomic E-state index is 11.9. The summed E-state index contributed by atoms with van der Waals surface area (Å²) in [5, 5.41) is 5.67. The van der Waals surface area contributed by atoms with Crippen molar-refractivity contribution in [3.05, 3.63) is 48.0 Å². The highest BCUT2D eigenvalue weighted by Crippen LogP contribution is 2.20. The van der Waals surface area contributed by atoms with Gasteiger partial charge in [0.15, 0.2) is 0 Å². The third-order valence-corrected chi connectivity index (χ3v) is 5.04. The number of carbonyl (C=O) groups is 1. The first-order chi connectivity index (χ1) is 10.3. The molecule has 0 bridgehead atoms. The molecule has 1 fully saturated rings. The van der Waals surface area contributed by atoms with Gasteiger partial charge in [-0.3, -0.25) is 4.79 Å². The van der Waals surface area contributed by atoms with Crippen LogP contribution in [0.1, 0.15) is 31.2 Å². The molecule has 1 N–H and O–H groups in total. The fraction of sp³-hybridized carbons (Fsp3) is 0.389. The highest BCUT2D eigenvalue weighted by atomic mass is 32.2. The third kappa shape index (κ3) is 4.01. The number of fused-ring (bicyclic) bond motifs is 1. The predicted molar refractivity (Wildman–Crippen MR) is 90.5 cm³/mol. The Morgan fingerprint density at radius 2 is 1.86 bits per heavy atom. The van der Waals surface area contributed by atoms with Gasteiger partial charge in [-0.15, -0.1) is 11.8 Å². The molecule has 1 aliphatic carbocycles. The second-order valence-corrected chi connectivity index (χ2v) is 6.71. The minimum absolute atomic E-state index is 0.188. The van der Waals surface area contributed by atoms with Crippen LogP contribution in [0.4, 0.5) is 0 Å². The number of thioether (sulfide) groups is 1. The van der Waals surface area contributed by atoms with Gasteiger partial charge in [-0.25, -0.2) is 0 Å². The summed E-state index contributed by atoms with van der Waals surface area (Å²) < 4.78 is 0. The third-order valence-electron chi connectivity index (χ3n) is 4.04. The SMILES string of the molecule is O=C(CSCc1ccc2ccccc2c1)NC1CCCC1. The van der Waals surface area contributed by atoms with Crippen molar-refractivity contribution in [1.29, 1.82) is 0 Å². The molecule has 1 aliphatic rings. The molecule has 0 unspecified atom stereocenters. The number of amides is 1. The van der Waals surface area contributed by atoms with Crippen molar-refractivity contribution < 1.29 is 4.79 Å². The number of rotatable bonds is 5. The van der Waals surface area contributed by atoms with E-state index in [0.29, 0.717) is 11.8 Å². The van der Waals surface area contributed by atoms with Crippen LogP contribution in [0.3, 0.4) is 0 Å². The van der Waals surface area contributed by atoms with Gasteiger partial charge in [-0.2, -0.15) is 0 Å². The summed E-state index contributed by atoms with van der Waals surface area (Å²) in [6, 6.07) is 15.3. The Morgan fingerprint density at radius 3 is 2.67 bits per heavy atom. The molecular weight excluding hydrogens is 278 g/mol. The topological polar surface area (TPSA) is 29.1 Å².